The molecule has 2 heterocycles. The zero-order chi connectivity index (χ0) is 13.2. The van der Waals surface area contributed by atoms with Crippen LogP contribution in [0, 0.1) is 0 Å². The summed E-state index contributed by atoms with van der Waals surface area (Å²) in [7, 11) is 0. The fraction of sp³-hybridized carbons (Fsp3) is 0.143. The van der Waals surface area contributed by atoms with Gasteiger partial charge in [-0.25, -0.2) is 0 Å². The lowest BCUT2D eigenvalue weighted by atomic mass is 10.2. The predicted octanol–water partition coefficient (Wildman–Crippen LogP) is 1.87. The summed E-state index contributed by atoms with van der Waals surface area (Å²) in [4.78, 5) is 6.36. The van der Waals surface area contributed by atoms with Crippen LogP contribution in [0.15, 0.2) is 47.8 Å². The number of pyridine rings is 1. The van der Waals surface area contributed by atoms with Crippen molar-refractivity contribution in [3.63, 3.8) is 0 Å². The molecule has 0 fully saturated rings. The van der Waals surface area contributed by atoms with E-state index in [0.29, 0.717) is 5.69 Å². The maximum absolute atomic E-state index is 8.86. The summed E-state index contributed by atoms with van der Waals surface area (Å²) < 4.78 is 0. The highest BCUT2D eigenvalue weighted by Gasteiger charge is 2.23. The number of para-hydroxylation sites is 1. The van der Waals surface area contributed by atoms with E-state index in [2.05, 4.69) is 27.2 Å². The quantitative estimate of drug-likeness (QED) is 0.371. The van der Waals surface area contributed by atoms with Crippen LogP contribution < -0.4 is 10.6 Å². The van der Waals surface area contributed by atoms with Crippen LogP contribution in [0.2, 0.25) is 0 Å². The van der Waals surface area contributed by atoms with Gasteiger partial charge >= 0.3 is 0 Å². The Labute approximate surface area is 111 Å². The average Bonchev–Trinajstić information content (AvgIpc) is 2.90. The Morgan fingerprint density at radius 2 is 2.00 bits per heavy atom. The van der Waals surface area contributed by atoms with E-state index in [1.54, 1.807) is 6.20 Å². The van der Waals surface area contributed by atoms with Crippen molar-refractivity contribution < 1.29 is 5.21 Å². The van der Waals surface area contributed by atoms with Crippen LogP contribution in [0.25, 0.3) is 0 Å². The SMILES string of the molecule is N/C(=N/O)c1ncccc1N1CCc2ccccc21. The molecule has 0 amide bonds. The van der Waals surface area contributed by atoms with Crippen molar-refractivity contribution in [3.05, 3.63) is 53.9 Å². The number of nitrogens with two attached hydrogens (primary N) is 1. The van der Waals surface area contributed by atoms with Crippen molar-refractivity contribution in [2.24, 2.45) is 10.9 Å². The first-order valence-corrected chi connectivity index (χ1v) is 6.09. The van der Waals surface area contributed by atoms with Crippen LogP contribution in [0.3, 0.4) is 0 Å². The molecule has 1 aliphatic heterocycles. The van der Waals surface area contributed by atoms with Crippen molar-refractivity contribution in [1.29, 1.82) is 0 Å². The number of anilines is 2. The monoisotopic (exact) mass is 254 g/mol. The fourth-order valence-corrected chi connectivity index (χ4v) is 2.45. The van der Waals surface area contributed by atoms with E-state index in [1.807, 2.05) is 24.3 Å². The number of fused-ring (bicyclic) bond motifs is 1. The van der Waals surface area contributed by atoms with E-state index >= 15 is 0 Å². The third kappa shape index (κ3) is 1.89. The van der Waals surface area contributed by atoms with Crippen molar-refractivity contribution >= 4 is 17.2 Å². The summed E-state index contributed by atoms with van der Waals surface area (Å²) >= 11 is 0. The number of benzene rings is 1. The zero-order valence-corrected chi connectivity index (χ0v) is 10.3. The summed E-state index contributed by atoms with van der Waals surface area (Å²) in [5, 5.41) is 11.9. The molecule has 5 nitrogen and oxygen atoms in total. The van der Waals surface area contributed by atoms with Gasteiger partial charge in [-0.3, -0.25) is 4.98 Å². The molecule has 3 rings (SSSR count). The molecule has 2 aromatic rings. The predicted molar refractivity (Wildman–Crippen MR) is 73.9 cm³/mol. The Bertz CT molecular complexity index is 639. The molecule has 0 spiro atoms. The molecule has 0 unspecified atom stereocenters. The average molecular weight is 254 g/mol. The van der Waals surface area contributed by atoms with Gasteiger partial charge in [-0.15, -0.1) is 0 Å². The first-order valence-electron chi connectivity index (χ1n) is 6.09. The normalized spacial score (nSPS) is 14.5. The van der Waals surface area contributed by atoms with Gasteiger partial charge in [0.15, 0.2) is 5.84 Å². The Kier molecular flexibility index (Phi) is 2.79. The van der Waals surface area contributed by atoms with Gasteiger partial charge < -0.3 is 15.8 Å². The Morgan fingerprint density at radius 1 is 1.21 bits per heavy atom. The van der Waals surface area contributed by atoms with Crippen molar-refractivity contribution in [2.75, 3.05) is 11.4 Å². The third-order valence-electron chi connectivity index (χ3n) is 3.31. The second kappa shape index (κ2) is 4.61. The molecule has 1 aromatic heterocycles. The van der Waals surface area contributed by atoms with Gasteiger partial charge in [-0.05, 0) is 30.2 Å². The minimum Gasteiger partial charge on any atom is -0.409 e. The second-order valence-corrected chi connectivity index (χ2v) is 4.39. The first-order chi connectivity index (χ1) is 9.31. The van der Waals surface area contributed by atoms with Crippen LogP contribution in [-0.4, -0.2) is 22.6 Å². The first kappa shape index (κ1) is 11.5. The van der Waals surface area contributed by atoms with E-state index in [-0.39, 0.29) is 5.84 Å². The molecule has 0 bridgehead atoms. The van der Waals surface area contributed by atoms with Crippen LogP contribution in [0.1, 0.15) is 11.3 Å². The third-order valence-corrected chi connectivity index (χ3v) is 3.31. The highest BCUT2D eigenvalue weighted by Crippen LogP contribution is 2.35. The maximum atomic E-state index is 8.86. The topological polar surface area (TPSA) is 74.7 Å². The van der Waals surface area contributed by atoms with Crippen LogP contribution >= 0.6 is 0 Å². The van der Waals surface area contributed by atoms with E-state index in [4.69, 9.17) is 10.9 Å². The maximum Gasteiger partial charge on any atom is 0.190 e. The number of oxime groups is 1. The highest BCUT2D eigenvalue weighted by molar-refractivity contribution is 6.01. The minimum absolute atomic E-state index is 0.0278. The number of rotatable bonds is 2. The molecule has 0 radical (unpaired) electrons. The number of nitrogens with zero attached hydrogens (tertiary/aromatic N) is 3. The van der Waals surface area contributed by atoms with E-state index in [9.17, 15) is 0 Å². The summed E-state index contributed by atoms with van der Waals surface area (Å²) in [5.41, 5.74) is 9.52. The summed E-state index contributed by atoms with van der Waals surface area (Å²) in [6.07, 6.45) is 2.62. The number of amidine groups is 1. The van der Waals surface area contributed by atoms with Crippen molar-refractivity contribution in [3.8, 4) is 0 Å². The molecular formula is C14H14N4O. The number of hydrogen-bond acceptors (Lipinski definition) is 4. The van der Waals surface area contributed by atoms with Crippen molar-refractivity contribution in [2.45, 2.75) is 6.42 Å². The Morgan fingerprint density at radius 3 is 2.84 bits per heavy atom. The van der Waals surface area contributed by atoms with E-state index in [0.717, 1.165) is 24.3 Å². The highest BCUT2D eigenvalue weighted by atomic mass is 16.4. The lowest BCUT2D eigenvalue weighted by Gasteiger charge is -2.21. The van der Waals surface area contributed by atoms with Gasteiger partial charge in [0.1, 0.15) is 5.69 Å². The van der Waals surface area contributed by atoms with Crippen molar-refractivity contribution in [1.82, 2.24) is 4.98 Å². The molecule has 3 N–H and O–H groups in total. The van der Waals surface area contributed by atoms with Gasteiger partial charge in [0.05, 0.1) is 5.69 Å². The molecule has 0 saturated heterocycles. The summed E-state index contributed by atoms with van der Waals surface area (Å²) in [6.45, 7) is 0.872. The molecule has 0 saturated carbocycles. The molecule has 0 atom stereocenters. The molecule has 1 aliphatic rings. The summed E-state index contributed by atoms with van der Waals surface area (Å²) in [5.74, 6) is 0.0278. The lowest BCUT2D eigenvalue weighted by Crippen LogP contribution is -2.22. The molecule has 5 heteroatoms. The lowest BCUT2D eigenvalue weighted by molar-refractivity contribution is 0.318. The fourth-order valence-electron chi connectivity index (χ4n) is 2.45. The zero-order valence-electron chi connectivity index (χ0n) is 10.3. The van der Waals surface area contributed by atoms with Gasteiger partial charge in [-0.1, -0.05) is 23.4 Å². The second-order valence-electron chi connectivity index (χ2n) is 4.39. The largest absolute Gasteiger partial charge is 0.409 e. The van der Waals surface area contributed by atoms with Gasteiger partial charge in [0.25, 0.3) is 0 Å². The van der Waals surface area contributed by atoms with Crippen LogP contribution in [-0.2, 0) is 6.42 Å². The summed E-state index contributed by atoms with van der Waals surface area (Å²) in [6, 6.07) is 12.0. The molecule has 19 heavy (non-hydrogen) atoms. The Balaban J connectivity index is 2.10. The van der Waals surface area contributed by atoms with Gasteiger partial charge in [-0.2, -0.15) is 0 Å². The van der Waals surface area contributed by atoms with Crippen LogP contribution in [0.4, 0.5) is 11.4 Å². The standard InChI is InChI=1S/C14H14N4O/c15-14(17-19)13-12(6-3-8-16-13)18-9-7-10-4-1-2-5-11(10)18/h1-6,8,19H,7,9H2,(H2,15,17). The van der Waals surface area contributed by atoms with Crippen LogP contribution in [0.5, 0.6) is 0 Å². The van der Waals surface area contributed by atoms with Gasteiger partial charge in [0, 0.05) is 18.4 Å². The minimum atomic E-state index is 0.0278. The van der Waals surface area contributed by atoms with E-state index < -0.39 is 0 Å². The number of aromatic nitrogens is 1. The molecule has 1 aromatic carbocycles. The number of hydrogen-bond donors (Lipinski definition) is 2. The Hall–Kier alpha value is -2.56. The van der Waals surface area contributed by atoms with Gasteiger partial charge in [0.2, 0.25) is 0 Å². The molecule has 96 valence electrons. The molecular weight excluding hydrogens is 240 g/mol. The van der Waals surface area contributed by atoms with E-state index in [1.165, 1.54) is 5.56 Å². The smallest absolute Gasteiger partial charge is 0.190 e. The molecule has 0 aliphatic carbocycles.